The van der Waals surface area contributed by atoms with Crippen molar-refractivity contribution >= 4 is 0 Å². The highest BCUT2D eigenvalue weighted by Gasteiger charge is 2.14. The monoisotopic (exact) mass is 169 g/mol. The minimum atomic E-state index is 0.808. The van der Waals surface area contributed by atoms with Crippen molar-refractivity contribution in [3.63, 3.8) is 0 Å². The molecule has 1 heterocycles. The molecule has 1 atom stereocenters. The van der Waals surface area contributed by atoms with E-state index in [1.165, 1.54) is 12.8 Å². The van der Waals surface area contributed by atoms with Crippen LogP contribution in [0, 0.1) is 5.92 Å². The Labute approximate surface area is 75.0 Å². The van der Waals surface area contributed by atoms with E-state index in [9.17, 15) is 0 Å². The Hall–Kier alpha value is -0.340. The van der Waals surface area contributed by atoms with Crippen LogP contribution in [0.3, 0.4) is 0 Å². The lowest BCUT2D eigenvalue weighted by Crippen LogP contribution is -2.18. The van der Waals surface area contributed by atoms with Crippen LogP contribution >= 0.6 is 0 Å². The van der Waals surface area contributed by atoms with Crippen molar-refractivity contribution in [3.8, 4) is 0 Å². The molecule has 0 aliphatic carbocycles. The number of allylic oxidation sites excluding steroid dienone is 1. The van der Waals surface area contributed by atoms with E-state index in [-0.39, 0.29) is 0 Å². The van der Waals surface area contributed by atoms with Gasteiger partial charge in [-0.3, -0.25) is 0 Å². The van der Waals surface area contributed by atoms with Gasteiger partial charge in [0.25, 0.3) is 0 Å². The third kappa shape index (κ3) is 3.88. The SMILES string of the molecule is C/C=C/CNCCC1CCOC1. The molecule has 0 aromatic rings. The van der Waals surface area contributed by atoms with Gasteiger partial charge in [-0.2, -0.15) is 0 Å². The fourth-order valence-corrected chi connectivity index (χ4v) is 1.42. The van der Waals surface area contributed by atoms with Gasteiger partial charge < -0.3 is 10.1 Å². The lowest BCUT2D eigenvalue weighted by Gasteiger charge is -2.06. The summed E-state index contributed by atoms with van der Waals surface area (Å²) in [6.45, 7) is 6.12. The Balaban J connectivity index is 1.87. The molecule has 0 amide bonds. The molecule has 1 rings (SSSR count). The molecule has 1 aliphatic rings. The van der Waals surface area contributed by atoms with Crippen molar-refractivity contribution < 1.29 is 4.74 Å². The van der Waals surface area contributed by atoms with Crippen molar-refractivity contribution in [2.75, 3.05) is 26.3 Å². The first-order chi connectivity index (χ1) is 5.93. The van der Waals surface area contributed by atoms with Gasteiger partial charge >= 0.3 is 0 Å². The summed E-state index contributed by atoms with van der Waals surface area (Å²) in [4.78, 5) is 0. The van der Waals surface area contributed by atoms with Crippen LogP contribution in [0.5, 0.6) is 0 Å². The summed E-state index contributed by atoms with van der Waals surface area (Å²) in [5, 5.41) is 3.37. The quantitative estimate of drug-likeness (QED) is 0.498. The van der Waals surface area contributed by atoms with Crippen LogP contribution in [0.2, 0.25) is 0 Å². The number of rotatable bonds is 5. The molecule has 0 aromatic carbocycles. The van der Waals surface area contributed by atoms with Crippen LogP contribution in [-0.2, 0) is 4.74 Å². The van der Waals surface area contributed by atoms with Gasteiger partial charge in [-0.25, -0.2) is 0 Å². The second-order valence-corrected chi connectivity index (χ2v) is 3.29. The minimum Gasteiger partial charge on any atom is -0.381 e. The molecule has 12 heavy (non-hydrogen) atoms. The Bertz CT molecular complexity index is 128. The first-order valence-corrected chi connectivity index (χ1v) is 4.83. The van der Waals surface area contributed by atoms with Crippen molar-refractivity contribution in [3.05, 3.63) is 12.2 Å². The Morgan fingerprint density at radius 1 is 1.58 bits per heavy atom. The zero-order valence-electron chi connectivity index (χ0n) is 7.88. The molecule has 2 nitrogen and oxygen atoms in total. The molecule has 70 valence electrons. The standard InChI is InChI=1S/C10H19NO/c1-2-3-6-11-7-4-10-5-8-12-9-10/h2-3,10-11H,4-9H2,1H3/b3-2+. The van der Waals surface area contributed by atoms with Crippen LogP contribution in [0.1, 0.15) is 19.8 Å². The van der Waals surface area contributed by atoms with E-state index in [4.69, 9.17) is 4.74 Å². The maximum absolute atomic E-state index is 5.29. The Morgan fingerprint density at radius 2 is 2.50 bits per heavy atom. The third-order valence-corrected chi connectivity index (χ3v) is 2.25. The van der Waals surface area contributed by atoms with Crippen molar-refractivity contribution in [1.82, 2.24) is 5.32 Å². The lowest BCUT2D eigenvalue weighted by molar-refractivity contribution is 0.184. The topological polar surface area (TPSA) is 21.3 Å². The van der Waals surface area contributed by atoms with Crippen LogP contribution < -0.4 is 5.32 Å². The second kappa shape index (κ2) is 6.21. The van der Waals surface area contributed by atoms with Crippen molar-refractivity contribution in [2.24, 2.45) is 5.92 Å². The number of hydrogen-bond donors (Lipinski definition) is 1. The van der Waals surface area contributed by atoms with E-state index in [2.05, 4.69) is 17.5 Å². The summed E-state index contributed by atoms with van der Waals surface area (Å²) in [6.07, 6.45) is 6.74. The third-order valence-electron chi connectivity index (χ3n) is 2.25. The first kappa shape index (κ1) is 9.75. The normalized spacial score (nSPS) is 23.9. The van der Waals surface area contributed by atoms with Gasteiger partial charge in [-0.15, -0.1) is 0 Å². The molecule has 0 bridgehead atoms. The van der Waals surface area contributed by atoms with Gasteiger partial charge in [0.15, 0.2) is 0 Å². The van der Waals surface area contributed by atoms with Crippen LogP contribution in [0.15, 0.2) is 12.2 Å². The lowest BCUT2D eigenvalue weighted by atomic mass is 10.1. The molecule has 0 radical (unpaired) electrons. The molecular formula is C10H19NO. The highest BCUT2D eigenvalue weighted by Crippen LogP contribution is 2.14. The van der Waals surface area contributed by atoms with Crippen molar-refractivity contribution in [1.29, 1.82) is 0 Å². The molecule has 1 N–H and O–H groups in total. The van der Waals surface area contributed by atoms with E-state index < -0.39 is 0 Å². The van der Waals surface area contributed by atoms with Gasteiger partial charge in [-0.1, -0.05) is 12.2 Å². The summed E-state index contributed by atoms with van der Waals surface area (Å²) in [5.74, 6) is 0.808. The number of nitrogens with one attached hydrogen (secondary N) is 1. The van der Waals surface area contributed by atoms with Crippen molar-refractivity contribution in [2.45, 2.75) is 19.8 Å². The average molecular weight is 169 g/mol. The fourth-order valence-electron chi connectivity index (χ4n) is 1.42. The zero-order chi connectivity index (χ0) is 8.65. The Kier molecular flexibility index (Phi) is 5.04. The molecule has 2 heteroatoms. The number of ether oxygens (including phenoxy) is 1. The van der Waals surface area contributed by atoms with E-state index in [0.717, 1.165) is 32.2 Å². The van der Waals surface area contributed by atoms with E-state index in [1.54, 1.807) is 0 Å². The molecule has 1 fully saturated rings. The molecule has 0 aromatic heterocycles. The molecule has 1 unspecified atom stereocenters. The summed E-state index contributed by atoms with van der Waals surface area (Å²) < 4.78 is 5.29. The van der Waals surface area contributed by atoms with E-state index in [0.29, 0.717) is 0 Å². The zero-order valence-corrected chi connectivity index (χ0v) is 7.88. The molecule has 0 saturated carbocycles. The smallest absolute Gasteiger partial charge is 0.0495 e. The van der Waals surface area contributed by atoms with Crippen LogP contribution in [-0.4, -0.2) is 26.3 Å². The molecular weight excluding hydrogens is 150 g/mol. The predicted octanol–water partition coefficient (Wildman–Crippen LogP) is 1.58. The summed E-state index contributed by atoms with van der Waals surface area (Å²) in [6, 6.07) is 0. The Morgan fingerprint density at radius 3 is 3.17 bits per heavy atom. The first-order valence-electron chi connectivity index (χ1n) is 4.83. The maximum atomic E-state index is 5.29. The molecule has 1 saturated heterocycles. The summed E-state index contributed by atoms with van der Waals surface area (Å²) in [7, 11) is 0. The summed E-state index contributed by atoms with van der Waals surface area (Å²) >= 11 is 0. The van der Waals surface area contributed by atoms with E-state index in [1.807, 2.05) is 6.92 Å². The van der Waals surface area contributed by atoms with Crippen LogP contribution in [0.4, 0.5) is 0 Å². The highest BCUT2D eigenvalue weighted by atomic mass is 16.5. The van der Waals surface area contributed by atoms with Gasteiger partial charge in [0.05, 0.1) is 0 Å². The van der Waals surface area contributed by atoms with E-state index >= 15 is 0 Å². The van der Waals surface area contributed by atoms with Gasteiger partial charge in [0.2, 0.25) is 0 Å². The highest BCUT2D eigenvalue weighted by molar-refractivity contribution is 4.79. The fraction of sp³-hybridized carbons (Fsp3) is 0.800. The predicted molar refractivity (Wildman–Crippen MR) is 51.2 cm³/mol. The molecule has 0 spiro atoms. The minimum absolute atomic E-state index is 0.808. The maximum Gasteiger partial charge on any atom is 0.0495 e. The summed E-state index contributed by atoms with van der Waals surface area (Å²) in [5.41, 5.74) is 0. The van der Waals surface area contributed by atoms with Crippen LogP contribution in [0.25, 0.3) is 0 Å². The van der Waals surface area contributed by atoms with Gasteiger partial charge in [-0.05, 0) is 32.2 Å². The largest absolute Gasteiger partial charge is 0.381 e. The molecule has 1 aliphatic heterocycles. The average Bonchev–Trinajstić information content (AvgIpc) is 2.57. The van der Waals surface area contributed by atoms with Gasteiger partial charge in [0, 0.05) is 19.8 Å². The second-order valence-electron chi connectivity index (χ2n) is 3.29. The number of hydrogen-bond acceptors (Lipinski definition) is 2. The van der Waals surface area contributed by atoms with Gasteiger partial charge in [0.1, 0.15) is 0 Å².